The molecular formula is C29H31FN6O2. The molecule has 0 radical (unpaired) electrons. The van der Waals surface area contributed by atoms with Crippen molar-refractivity contribution in [1.82, 2.24) is 25.2 Å². The summed E-state index contributed by atoms with van der Waals surface area (Å²) in [6.07, 6.45) is 6.07. The Morgan fingerprint density at radius 3 is 2.79 bits per heavy atom. The smallest absolute Gasteiger partial charge is 0.319 e. The number of halogens is 1. The van der Waals surface area contributed by atoms with Gasteiger partial charge < -0.3 is 25.0 Å². The minimum atomic E-state index is -0.537. The minimum absolute atomic E-state index is 0.0601. The van der Waals surface area contributed by atoms with E-state index in [-0.39, 0.29) is 29.0 Å². The molecule has 4 fully saturated rings. The van der Waals surface area contributed by atoms with Gasteiger partial charge in [0.05, 0.1) is 5.39 Å². The Labute approximate surface area is 220 Å². The Bertz CT molecular complexity index is 1520. The van der Waals surface area contributed by atoms with Gasteiger partial charge in [0, 0.05) is 43.0 Å². The molecule has 0 amide bonds. The average molecular weight is 515 g/mol. The summed E-state index contributed by atoms with van der Waals surface area (Å²) < 4.78 is 22.5. The highest BCUT2D eigenvalue weighted by atomic mass is 19.1. The van der Waals surface area contributed by atoms with Crippen LogP contribution in [0.1, 0.15) is 25.7 Å². The maximum absolute atomic E-state index is 16.4. The molecule has 38 heavy (non-hydrogen) atoms. The van der Waals surface area contributed by atoms with Crippen LogP contribution in [0.25, 0.3) is 32.9 Å². The number of aromatic hydroxyl groups is 1. The quantitative estimate of drug-likeness (QED) is 0.412. The van der Waals surface area contributed by atoms with Crippen LogP contribution in [-0.4, -0.2) is 76.4 Å². The van der Waals surface area contributed by atoms with Gasteiger partial charge >= 0.3 is 6.01 Å². The number of ether oxygens (including phenoxy) is 1. The summed E-state index contributed by atoms with van der Waals surface area (Å²) in [6, 6.07) is 12.0. The van der Waals surface area contributed by atoms with Crippen molar-refractivity contribution < 1.29 is 14.2 Å². The summed E-state index contributed by atoms with van der Waals surface area (Å²) >= 11 is 0. The molecule has 0 aliphatic carbocycles. The Kier molecular flexibility index (Phi) is 5.78. The number of aromatic nitrogens is 3. The fourth-order valence-electron chi connectivity index (χ4n) is 6.31. The van der Waals surface area contributed by atoms with E-state index in [1.54, 1.807) is 18.3 Å². The van der Waals surface area contributed by atoms with Gasteiger partial charge in [-0.2, -0.15) is 9.97 Å². The maximum Gasteiger partial charge on any atom is 0.319 e. The third-order valence-corrected chi connectivity index (χ3v) is 8.44. The van der Waals surface area contributed by atoms with Gasteiger partial charge in [0.2, 0.25) is 0 Å². The highest BCUT2D eigenvalue weighted by molar-refractivity contribution is 5.99. The van der Waals surface area contributed by atoms with Crippen LogP contribution in [0.15, 0.2) is 42.6 Å². The molecule has 4 aromatic rings. The number of piperidine rings is 2. The van der Waals surface area contributed by atoms with Crippen molar-refractivity contribution in [3.63, 3.8) is 0 Å². The van der Waals surface area contributed by atoms with E-state index >= 15 is 4.39 Å². The number of hydrogen-bond donors (Lipinski definition) is 2. The van der Waals surface area contributed by atoms with Crippen molar-refractivity contribution in [1.29, 1.82) is 0 Å². The van der Waals surface area contributed by atoms with E-state index in [1.807, 2.05) is 24.3 Å². The summed E-state index contributed by atoms with van der Waals surface area (Å²) in [6.45, 7) is 3.19. The molecule has 2 aromatic carbocycles. The fraction of sp³-hybridized carbons (Fsp3) is 0.414. The summed E-state index contributed by atoms with van der Waals surface area (Å²) in [7, 11) is 2.10. The van der Waals surface area contributed by atoms with E-state index in [9.17, 15) is 5.11 Å². The molecule has 4 aliphatic rings. The van der Waals surface area contributed by atoms with Gasteiger partial charge in [-0.15, -0.1) is 0 Å². The van der Waals surface area contributed by atoms with Crippen molar-refractivity contribution in [3.8, 4) is 23.0 Å². The van der Waals surface area contributed by atoms with E-state index in [0.717, 1.165) is 56.1 Å². The number of nitrogens with zero attached hydrogens (tertiary/aromatic N) is 5. The van der Waals surface area contributed by atoms with Gasteiger partial charge in [0.25, 0.3) is 0 Å². The lowest BCUT2D eigenvalue weighted by Gasteiger charge is -2.46. The first-order chi connectivity index (χ1) is 18.5. The molecule has 4 saturated heterocycles. The Morgan fingerprint density at radius 1 is 1.13 bits per heavy atom. The summed E-state index contributed by atoms with van der Waals surface area (Å²) in [5.41, 5.74) is 0.866. The molecule has 2 aromatic heterocycles. The van der Waals surface area contributed by atoms with Crippen molar-refractivity contribution >= 4 is 27.5 Å². The minimum Gasteiger partial charge on any atom is -0.508 e. The molecule has 9 heteroatoms. The number of piperazine rings is 1. The van der Waals surface area contributed by atoms with Crippen molar-refractivity contribution in [2.24, 2.45) is 0 Å². The number of fused-ring (bicyclic) bond motifs is 5. The van der Waals surface area contributed by atoms with Gasteiger partial charge in [-0.25, -0.2) is 4.39 Å². The van der Waals surface area contributed by atoms with Gasteiger partial charge in [-0.1, -0.05) is 24.3 Å². The summed E-state index contributed by atoms with van der Waals surface area (Å²) in [5.74, 6) is 0.203. The van der Waals surface area contributed by atoms with E-state index in [1.165, 1.54) is 0 Å². The van der Waals surface area contributed by atoms with E-state index in [4.69, 9.17) is 9.72 Å². The van der Waals surface area contributed by atoms with Crippen molar-refractivity contribution in [2.45, 2.75) is 43.8 Å². The normalized spacial score (nSPS) is 23.5. The maximum atomic E-state index is 16.4. The standard InChI is InChI=1S/C29H31FN6O2/c1-35-10-4-6-20(35)16-38-29-33-27-24(28(34-29)36-15-18-8-9-19(36)13-31-18)14-32-26(25(27)30)23-12-21(37)11-17-5-2-3-7-22(17)23/h2-3,5,7,11-12,14,18-20,31,37H,4,6,8-10,13,15-16H2,1H3/t18-,19?,20+/m1/s1. The summed E-state index contributed by atoms with van der Waals surface area (Å²) in [5, 5.41) is 16.2. The molecular weight excluding hydrogens is 483 g/mol. The van der Waals surface area contributed by atoms with Gasteiger partial charge in [0.1, 0.15) is 29.4 Å². The number of nitrogens with one attached hydrogen (secondary N) is 1. The lowest BCUT2D eigenvalue weighted by molar-refractivity contribution is 0.188. The number of likely N-dealkylation sites (tertiary alicyclic amines) is 1. The predicted molar refractivity (Wildman–Crippen MR) is 145 cm³/mol. The zero-order chi connectivity index (χ0) is 25.8. The van der Waals surface area contributed by atoms with Crippen LogP contribution in [0.2, 0.25) is 0 Å². The second kappa shape index (κ2) is 9.32. The lowest BCUT2D eigenvalue weighted by atomic mass is 9.93. The number of pyridine rings is 1. The Hall–Kier alpha value is -3.56. The summed E-state index contributed by atoms with van der Waals surface area (Å²) in [4.78, 5) is 18.6. The zero-order valence-corrected chi connectivity index (χ0v) is 21.4. The molecule has 196 valence electrons. The monoisotopic (exact) mass is 514 g/mol. The number of rotatable bonds is 5. The van der Waals surface area contributed by atoms with Gasteiger partial charge in [0.15, 0.2) is 5.82 Å². The highest BCUT2D eigenvalue weighted by Gasteiger charge is 2.36. The molecule has 2 bridgehead atoms. The topological polar surface area (TPSA) is 86.6 Å². The second-order valence-electron chi connectivity index (χ2n) is 10.8. The molecule has 0 spiro atoms. The van der Waals surface area contributed by atoms with Crippen LogP contribution >= 0.6 is 0 Å². The van der Waals surface area contributed by atoms with Crippen LogP contribution in [-0.2, 0) is 0 Å². The average Bonchev–Trinajstić information content (AvgIpc) is 3.36. The first kappa shape index (κ1) is 23.5. The molecule has 8 rings (SSSR count). The zero-order valence-electron chi connectivity index (χ0n) is 21.4. The number of likely N-dealkylation sites (N-methyl/N-ethyl adjacent to an activating group) is 1. The molecule has 2 N–H and O–H groups in total. The number of anilines is 1. The molecule has 8 nitrogen and oxygen atoms in total. The Morgan fingerprint density at radius 2 is 2.03 bits per heavy atom. The molecule has 0 saturated carbocycles. The molecule has 6 heterocycles. The molecule has 3 atom stereocenters. The van der Waals surface area contributed by atoms with Crippen LogP contribution in [0.5, 0.6) is 11.8 Å². The molecule has 1 unspecified atom stereocenters. The largest absolute Gasteiger partial charge is 0.508 e. The van der Waals surface area contributed by atoms with Crippen LogP contribution in [0.3, 0.4) is 0 Å². The van der Waals surface area contributed by atoms with Crippen molar-refractivity contribution in [2.75, 3.05) is 38.2 Å². The number of phenolic OH excluding ortho intramolecular Hbond substituents is 1. The lowest BCUT2D eigenvalue weighted by Crippen LogP contribution is -2.61. The predicted octanol–water partition coefficient (Wildman–Crippen LogP) is 4.10. The van der Waals surface area contributed by atoms with Gasteiger partial charge in [-0.3, -0.25) is 4.98 Å². The first-order valence-corrected chi connectivity index (χ1v) is 13.5. The Balaban J connectivity index is 1.37. The van der Waals surface area contributed by atoms with E-state index in [2.05, 4.69) is 32.1 Å². The van der Waals surface area contributed by atoms with E-state index in [0.29, 0.717) is 35.5 Å². The number of benzene rings is 2. The van der Waals surface area contributed by atoms with Crippen LogP contribution < -0.4 is 15.0 Å². The highest BCUT2D eigenvalue weighted by Crippen LogP contribution is 2.38. The van der Waals surface area contributed by atoms with Crippen molar-refractivity contribution in [3.05, 3.63) is 48.4 Å². The van der Waals surface area contributed by atoms with Crippen LogP contribution in [0.4, 0.5) is 10.2 Å². The van der Waals surface area contributed by atoms with Gasteiger partial charge in [-0.05, 0) is 62.2 Å². The van der Waals surface area contributed by atoms with E-state index < -0.39 is 5.82 Å². The number of phenols is 1. The second-order valence-corrected chi connectivity index (χ2v) is 10.8. The van der Waals surface area contributed by atoms with Crippen LogP contribution in [0, 0.1) is 5.82 Å². The third-order valence-electron chi connectivity index (χ3n) is 8.44. The first-order valence-electron chi connectivity index (χ1n) is 13.5. The fourth-order valence-corrected chi connectivity index (χ4v) is 6.31. The number of hydrogen-bond acceptors (Lipinski definition) is 8. The SMILES string of the molecule is CN1CCC[C@H]1COc1nc(N2C[C@H]3CCC2CN3)c2cnc(-c3cc(O)cc4ccccc34)c(F)c2n1. The molecule has 4 aliphatic heterocycles. The third kappa shape index (κ3) is 4.01.